The molecule has 1 unspecified atom stereocenters. The first-order valence-electron chi connectivity index (χ1n) is 16.2. The van der Waals surface area contributed by atoms with E-state index in [1.54, 1.807) is 60.7 Å². The summed E-state index contributed by atoms with van der Waals surface area (Å²) >= 11 is 0. The number of rotatable bonds is 16. The molecular weight excluding hydrogens is 659 g/mol. The molecule has 0 aliphatic heterocycles. The normalized spacial score (nSPS) is 13.6. The van der Waals surface area contributed by atoms with Crippen molar-refractivity contribution in [1.82, 2.24) is 19.9 Å². The van der Waals surface area contributed by atoms with Crippen LogP contribution in [0.3, 0.4) is 0 Å². The van der Waals surface area contributed by atoms with Crippen molar-refractivity contribution in [1.29, 1.82) is 0 Å². The van der Waals surface area contributed by atoms with Gasteiger partial charge in [-0.05, 0) is 36.6 Å². The Morgan fingerprint density at radius 2 is 1.62 bits per heavy atom. The van der Waals surface area contributed by atoms with Crippen molar-refractivity contribution >= 4 is 33.2 Å². The zero-order valence-electron chi connectivity index (χ0n) is 27.4. The van der Waals surface area contributed by atoms with E-state index in [2.05, 4.69) is 20.0 Å². The largest absolute Gasteiger partial charge is 0.439 e. The number of Topliss-reactive ketones (excluding diaryl/α,β-unsaturated/α-hetero) is 1. The highest BCUT2D eigenvalue weighted by molar-refractivity contribution is 7.91. The molecule has 258 valence electrons. The second-order valence-corrected chi connectivity index (χ2v) is 13.4. The van der Waals surface area contributed by atoms with Gasteiger partial charge in [-0.3, -0.25) is 28.5 Å². The van der Waals surface area contributed by atoms with Crippen LogP contribution in [0.2, 0.25) is 0 Å². The number of amides is 1. The summed E-state index contributed by atoms with van der Waals surface area (Å²) in [5, 5.41) is 2.71. The number of hydrogen-bond acceptors (Lipinski definition) is 9. The topological polar surface area (TPSA) is 166 Å². The molecule has 0 saturated carbocycles. The van der Waals surface area contributed by atoms with Gasteiger partial charge in [0.25, 0.3) is 5.56 Å². The van der Waals surface area contributed by atoms with Crippen molar-refractivity contribution < 1.29 is 27.5 Å². The fraction of sp³-hybridized carbons (Fsp3) is 0.243. The Kier molecular flexibility index (Phi) is 11.8. The molecule has 2 aromatic heterocycles. The fourth-order valence-electron chi connectivity index (χ4n) is 5.46. The maximum absolute atomic E-state index is 14.1. The average Bonchev–Trinajstić information content (AvgIpc) is 3.12. The molecule has 13 heteroatoms. The zero-order chi connectivity index (χ0) is 35.5. The maximum Gasteiger partial charge on any atom is 0.278 e. The first-order chi connectivity index (χ1) is 24.1. The number of ether oxygens (including phenoxy) is 1. The molecule has 0 fully saturated rings. The highest BCUT2D eigenvalue weighted by Gasteiger charge is 2.27. The van der Waals surface area contributed by atoms with Gasteiger partial charge in [0, 0.05) is 30.3 Å². The Hall–Kier alpha value is -5.69. The number of hydrogen-bond donors (Lipinski definition) is 2. The number of aromatic nitrogens is 3. The fourth-order valence-corrected chi connectivity index (χ4v) is 6.64. The van der Waals surface area contributed by atoms with Crippen molar-refractivity contribution in [3.63, 3.8) is 0 Å². The third kappa shape index (κ3) is 9.26. The van der Waals surface area contributed by atoms with Crippen LogP contribution in [0.25, 0.3) is 11.4 Å². The lowest BCUT2D eigenvalue weighted by Crippen LogP contribution is -2.34. The number of sulfonamides is 1. The number of carbonyl (C=O) groups excluding carboxylic acids is 3. The monoisotopic (exact) mass is 695 g/mol. The summed E-state index contributed by atoms with van der Waals surface area (Å²) in [7, 11) is -3.97. The van der Waals surface area contributed by atoms with Gasteiger partial charge in [-0.25, -0.2) is 18.4 Å². The molecule has 0 bridgehead atoms. The number of benzene rings is 2. The highest BCUT2D eigenvalue weighted by Crippen LogP contribution is 2.27. The van der Waals surface area contributed by atoms with Gasteiger partial charge in [-0.1, -0.05) is 86.5 Å². The molecule has 4 aromatic rings. The number of anilines is 1. The van der Waals surface area contributed by atoms with Crippen LogP contribution in [0, 0.1) is 0 Å². The minimum Gasteiger partial charge on any atom is -0.439 e. The van der Waals surface area contributed by atoms with Gasteiger partial charge >= 0.3 is 0 Å². The first-order valence-corrected chi connectivity index (χ1v) is 17.9. The van der Waals surface area contributed by atoms with Gasteiger partial charge in [0.05, 0.1) is 24.1 Å². The van der Waals surface area contributed by atoms with E-state index >= 15 is 0 Å². The minimum absolute atomic E-state index is 0.0127. The highest BCUT2D eigenvalue weighted by atomic mass is 32.2. The third-order valence-electron chi connectivity index (χ3n) is 7.95. The van der Waals surface area contributed by atoms with E-state index in [1.807, 2.05) is 25.1 Å². The molecule has 1 aliphatic carbocycles. The van der Waals surface area contributed by atoms with Gasteiger partial charge < -0.3 is 10.1 Å². The van der Waals surface area contributed by atoms with Crippen LogP contribution in [-0.4, -0.2) is 47.0 Å². The minimum atomic E-state index is -3.97. The SMILES string of the molecule is CCCCC(CCC(=O)NCC1=C(Oc2ccccn2)C=CC(=O)C1=O)n1c(-c2ccccc2)ncc(NS(=O)(=O)Cc2ccccc2)c1=O. The molecule has 0 saturated heterocycles. The van der Waals surface area contributed by atoms with Crippen LogP contribution in [-0.2, 0) is 30.2 Å². The van der Waals surface area contributed by atoms with Crippen LogP contribution < -0.4 is 20.3 Å². The number of ketones is 2. The van der Waals surface area contributed by atoms with E-state index in [1.165, 1.54) is 23.0 Å². The lowest BCUT2D eigenvalue weighted by molar-refractivity contribution is -0.132. The number of nitrogens with zero attached hydrogens (tertiary/aromatic N) is 3. The van der Waals surface area contributed by atoms with E-state index in [0.717, 1.165) is 18.9 Å². The number of pyridine rings is 1. The predicted octanol–water partition coefficient (Wildman–Crippen LogP) is 4.92. The van der Waals surface area contributed by atoms with E-state index in [-0.39, 0.29) is 48.0 Å². The van der Waals surface area contributed by atoms with E-state index in [4.69, 9.17) is 4.74 Å². The number of nitrogens with one attached hydrogen (secondary N) is 2. The summed E-state index contributed by atoms with van der Waals surface area (Å²) in [4.78, 5) is 60.9. The molecule has 50 heavy (non-hydrogen) atoms. The van der Waals surface area contributed by atoms with Crippen LogP contribution >= 0.6 is 0 Å². The molecule has 0 radical (unpaired) electrons. The van der Waals surface area contributed by atoms with Gasteiger partial charge in [0.1, 0.15) is 17.3 Å². The van der Waals surface area contributed by atoms with E-state index in [0.29, 0.717) is 23.4 Å². The first kappa shape index (κ1) is 35.6. The Bertz CT molecular complexity index is 2060. The summed E-state index contributed by atoms with van der Waals surface area (Å²) < 4.78 is 35.8. The quantitative estimate of drug-likeness (QED) is 0.122. The van der Waals surface area contributed by atoms with Crippen LogP contribution in [0.4, 0.5) is 5.69 Å². The summed E-state index contributed by atoms with van der Waals surface area (Å²) in [6.45, 7) is 1.75. The lowest BCUT2D eigenvalue weighted by Gasteiger charge is -2.24. The number of unbranched alkanes of at least 4 members (excludes halogenated alkanes) is 1. The molecule has 2 N–H and O–H groups in total. The van der Waals surface area contributed by atoms with Crippen molar-refractivity contribution in [2.45, 2.75) is 50.8 Å². The van der Waals surface area contributed by atoms with Crippen LogP contribution in [0.5, 0.6) is 5.88 Å². The Labute approximate surface area is 290 Å². The molecular formula is C37H37N5O7S. The van der Waals surface area contributed by atoms with Crippen molar-refractivity contribution in [3.05, 3.63) is 131 Å². The summed E-state index contributed by atoms with van der Waals surface area (Å²) in [6.07, 6.45) is 7.43. The smallest absolute Gasteiger partial charge is 0.278 e. The number of carbonyl (C=O) groups is 3. The van der Waals surface area contributed by atoms with Crippen LogP contribution in [0.1, 0.15) is 50.6 Å². The van der Waals surface area contributed by atoms with Gasteiger partial charge in [0.2, 0.25) is 33.4 Å². The summed E-state index contributed by atoms with van der Waals surface area (Å²) in [5.74, 6) is -1.63. The van der Waals surface area contributed by atoms with Gasteiger partial charge in [-0.2, -0.15) is 0 Å². The Morgan fingerprint density at radius 1 is 0.900 bits per heavy atom. The van der Waals surface area contributed by atoms with Crippen molar-refractivity contribution in [2.24, 2.45) is 0 Å². The Morgan fingerprint density at radius 3 is 2.32 bits per heavy atom. The molecule has 5 rings (SSSR count). The average molecular weight is 696 g/mol. The predicted molar refractivity (Wildman–Crippen MR) is 188 cm³/mol. The second-order valence-electron chi connectivity index (χ2n) is 11.6. The lowest BCUT2D eigenvalue weighted by atomic mass is 10.00. The molecule has 2 heterocycles. The molecule has 0 spiro atoms. The summed E-state index contributed by atoms with van der Waals surface area (Å²) in [6, 6.07) is 22.2. The molecule has 12 nitrogen and oxygen atoms in total. The summed E-state index contributed by atoms with van der Waals surface area (Å²) in [5.41, 5.74) is 0.406. The van der Waals surface area contributed by atoms with E-state index < -0.39 is 39.1 Å². The van der Waals surface area contributed by atoms with Crippen molar-refractivity contribution in [2.75, 3.05) is 11.3 Å². The molecule has 1 atom stereocenters. The molecule has 1 aliphatic rings. The maximum atomic E-state index is 14.1. The zero-order valence-corrected chi connectivity index (χ0v) is 28.3. The van der Waals surface area contributed by atoms with E-state index in [9.17, 15) is 27.6 Å². The number of allylic oxidation sites excluding steroid dienone is 2. The van der Waals surface area contributed by atoms with Gasteiger partial charge in [-0.15, -0.1) is 0 Å². The van der Waals surface area contributed by atoms with Crippen LogP contribution in [0.15, 0.2) is 120 Å². The second kappa shape index (κ2) is 16.6. The Balaban J connectivity index is 1.39. The van der Waals surface area contributed by atoms with Crippen molar-refractivity contribution in [3.8, 4) is 17.3 Å². The molecule has 1 amide bonds. The standard InChI is InChI=1S/C37H37N5O7S/c1-2-3-16-28(18-21-33(44)39-23-29-32(20-19-31(43)35(29)45)49-34-17-10-11-22-38-34)42-36(27-14-8-5-9-15-27)40-24-30(37(42)46)41-50(47,48)25-26-12-6-4-7-13-26/h4-15,17,19-20,22,24,28,41H,2-3,16,18,21,23,25H2,1H3,(H,39,44). The van der Waals surface area contributed by atoms with Gasteiger partial charge in [0.15, 0.2) is 0 Å². The third-order valence-corrected chi connectivity index (χ3v) is 9.19. The molecule has 2 aromatic carbocycles.